The lowest BCUT2D eigenvalue weighted by Crippen LogP contribution is -2.48. The van der Waals surface area contributed by atoms with Crippen molar-refractivity contribution in [2.24, 2.45) is 0 Å². The quantitative estimate of drug-likeness (QED) is 0.884. The maximum Gasteiger partial charge on any atom is 0.243 e. The number of anilines is 1. The minimum absolute atomic E-state index is 0.138. The second kappa shape index (κ2) is 6.86. The van der Waals surface area contributed by atoms with Crippen LogP contribution in [0.4, 0.5) is 5.69 Å². The lowest BCUT2D eigenvalue weighted by Gasteiger charge is -2.31. The molecule has 1 aliphatic rings. The molecule has 1 N–H and O–H groups in total. The van der Waals surface area contributed by atoms with Crippen molar-refractivity contribution >= 4 is 11.6 Å². The van der Waals surface area contributed by atoms with Gasteiger partial charge in [0.25, 0.3) is 0 Å². The van der Waals surface area contributed by atoms with Crippen molar-refractivity contribution in [3.63, 3.8) is 0 Å². The molecule has 0 unspecified atom stereocenters. The predicted molar refractivity (Wildman–Crippen MR) is 83.1 cm³/mol. The molecule has 1 atom stereocenters. The van der Waals surface area contributed by atoms with Gasteiger partial charge in [0.1, 0.15) is 0 Å². The lowest BCUT2D eigenvalue weighted by molar-refractivity contribution is -0.120. The topological polar surface area (TPSA) is 35.6 Å². The molecule has 0 aromatic heterocycles. The van der Waals surface area contributed by atoms with Gasteiger partial charge in [-0.1, -0.05) is 18.2 Å². The maximum atomic E-state index is 12.6. The zero-order valence-corrected chi connectivity index (χ0v) is 12.7. The van der Waals surface area contributed by atoms with Gasteiger partial charge in [0.15, 0.2) is 0 Å². The molecular formula is C16H25N3O. The number of carbonyl (C=O) groups excluding carboxylic acids is 1. The fourth-order valence-electron chi connectivity index (χ4n) is 2.59. The highest BCUT2D eigenvalue weighted by atomic mass is 16.2. The molecule has 2 rings (SSSR count). The summed E-state index contributed by atoms with van der Waals surface area (Å²) in [5, 5.41) is 3.31. The smallest absolute Gasteiger partial charge is 0.243 e. The van der Waals surface area contributed by atoms with Crippen LogP contribution < -0.4 is 10.2 Å². The van der Waals surface area contributed by atoms with Crippen molar-refractivity contribution < 1.29 is 4.79 Å². The van der Waals surface area contributed by atoms with E-state index in [0.717, 1.165) is 38.2 Å². The molecular weight excluding hydrogens is 250 g/mol. The molecule has 1 aromatic carbocycles. The number of hydrogen-bond donors (Lipinski definition) is 1. The van der Waals surface area contributed by atoms with Crippen LogP contribution in [0.2, 0.25) is 0 Å². The SMILES string of the molecule is C[C@@H](NCCN(C)C)C(=O)N1CCCc2ccccc21. The largest absolute Gasteiger partial charge is 0.311 e. The van der Waals surface area contributed by atoms with Crippen LogP contribution >= 0.6 is 0 Å². The van der Waals surface area contributed by atoms with E-state index in [1.807, 2.05) is 38.1 Å². The van der Waals surface area contributed by atoms with Crippen LogP contribution in [-0.4, -0.2) is 50.6 Å². The highest BCUT2D eigenvalue weighted by molar-refractivity contribution is 5.97. The Hall–Kier alpha value is -1.39. The predicted octanol–water partition coefficient (Wildman–Crippen LogP) is 1.51. The number of amides is 1. The summed E-state index contributed by atoms with van der Waals surface area (Å²) in [4.78, 5) is 16.6. The van der Waals surface area contributed by atoms with Crippen molar-refractivity contribution in [3.05, 3.63) is 29.8 Å². The number of para-hydroxylation sites is 1. The van der Waals surface area contributed by atoms with Crippen molar-refractivity contribution in [1.82, 2.24) is 10.2 Å². The van der Waals surface area contributed by atoms with Gasteiger partial charge < -0.3 is 15.1 Å². The van der Waals surface area contributed by atoms with E-state index in [4.69, 9.17) is 0 Å². The first-order valence-electron chi connectivity index (χ1n) is 7.37. The number of nitrogens with zero attached hydrogens (tertiary/aromatic N) is 2. The van der Waals surface area contributed by atoms with Gasteiger partial charge in [-0.2, -0.15) is 0 Å². The third-order valence-corrected chi connectivity index (χ3v) is 3.76. The Morgan fingerprint density at radius 3 is 2.90 bits per heavy atom. The van der Waals surface area contributed by atoms with Crippen molar-refractivity contribution in [2.45, 2.75) is 25.8 Å². The molecule has 1 aromatic rings. The number of aryl methyl sites for hydroxylation is 1. The molecule has 4 heteroatoms. The van der Waals surface area contributed by atoms with E-state index in [-0.39, 0.29) is 11.9 Å². The average molecular weight is 275 g/mol. The zero-order chi connectivity index (χ0) is 14.5. The van der Waals surface area contributed by atoms with E-state index in [9.17, 15) is 4.79 Å². The Morgan fingerprint density at radius 2 is 2.15 bits per heavy atom. The number of rotatable bonds is 5. The third-order valence-electron chi connectivity index (χ3n) is 3.76. The molecule has 0 aliphatic carbocycles. The fourth-order valence-corrected chi connectivity index (χ4v) is 2.59. The van der Waals surface area contributed by atoms with E-state index in [2.05, 4.69) is 22.3 Å². The second-order valence-corrected chi connectivity index (χ2v) is 5.70. The lowest BCUT2D eigenvalue weighted by atomic mass is 10.0. The highest BCUT2D eigenvalue weighted by Gasteiger charge is 2.25. The summed E-state index contributed by atoms with van der Waals surface area (Å²) in [5.41, 5.74) is 2.37. The molecule has 0 bridgehead atoms. The van der Waals surface area contributed by atoms with Crippen LogP contribution in [0.3, 0.4) is 0 Å². The number of benzene rings is 1. The number of fused-ring (bicyclic) bond motifs is 1. The van der Waals surface area contributed by atoms with Crippen LogP contribution in [0, 0.1) is 0 Å². The van der Waals surface area contributed by atoms with Gasteiger partial charge in [0.2, 0.25) is 5.91 Å². The summed E-state index contributed by atoms with van der Waals surface area (Å²) >= 11 is 0. The van der Waals surface area contributed by atoms with Crippen molar-refractivity contribution in [3.8, 4) is 0 Å². The molecule has 0 fully saturated rings. The first-order chi connectivity index (χ1) is 9.59. The minimum atomic E-state index is -0.138. The Labute approximate surface area is 121 Å². The van der Waals surface area contributed by atoms with Gasteiger partial charge in [-0.15, -0.1) is 0 Å². The molecule has 1 aliphatic heterocycles. The van der Waals surface area contributed by atoms with Crippen LogP contribution in [0.25, 0.3) is 0 Å². The second-order valence-electron chi connectivity index (χ2n) is 5.70. The van der Waals surface area contributed by atoms with Gasteiger partial charge in [-0.3, -0.25) is 4.79 Å². The van der Waals surface area contributed by atoms with Crippen LogP contribution in [0.5, 0.6) is 0 Å². The fraction of sp³-hybridized carbons (Fsp3) is 0.562. The Balaban J connectivity index is 1.99. The van der Waals surface area contributed by atoms with Gasteiger partial charge in [0.05, 0.1) is 6.04 Å². The Bertz CT molecular complexity index is 459. The number of carbonyl (C=O) groups is 1. The molecule has 110 valence electrons. The molecule has 0 saturated carbocycles. The van der Waals surface area contributed by atoms with Crippen LogP contribution in [0.1, 0.15) is 18.9 Å². The summed E-state index contributed by atoms with van der Waals surface area (Å²) in [6.07, 6.45) is 2.12. The monoisotopic (exact) mass is 275 g/mol. The van der Waals surface area contributed by atoms with E-state index in [1.165, 1.54) is 5.56 Å². The molecule has 0 radical (unpaired) electrons. The normalized spacial score (nSPS) is 16.1. The first-order valence-corrected chi connectivity index (χ1v) is 7.37. The summed E-state index contributed by atoms with van der Waals surface area (Å²) in [6, 6.07) is 8.10. The van der Waals surface area contributed by atoms with Crippen molar-refractivity contribution in [2.75, 3.05) is 38.6 Å². The zero-order valence-electron chi connectivity index (χ0n) is 12.7. The molecule has 0 saturated heterocycles. The van der Waals surface area contributed by atoms with Gasteiger partial charge >= 0.3 is 0 Å². The van der Waals surface area contributed by atoms with E-state index >= 15 is 0 Å². The first kappa shape index (κ1) is 15.0. The number of nitrogens with one attached hydrogen (secondary N) is 1. The minimum Gasteiger partial charge on any atom is -0.311 e. The molecule has 20 heavy (non-hydrogen) atoms. The summed E-state index contributed by atoms with van der Waals surface area (Å²) in [5.74, 6) is 0.177. The van der Waals surface area contributed by atoms with Gasteiger partial charge in [0, 0.05) is 25.3 Å². The third kappa shape index (κ3) is 3.58. The standard InChI is InChI=1S/C16H25N3O/c1-13(17-10-12-18(2)3)16(20)19-11-6-8-14-7-4-5-9-15(14)19/h4-5,7,9,13,17H,6,8,10-12H2,1-3H3/t13-/m1/s1. The van der Waals surface area contributed by atoms with Crippen LogP contribution in [0.15, 0.2) is 24.3 Å². The van der Waals surface area contributed by atoms with Gasteiger partial charge in [-0.25, -0.2) is 0 Å². The molecule has 0 spiro atoms. The molecule has 4 nitrogen and oxygen atoms in total. The highest BCUT2D eigenvalue weighted by Crippen LogP contribution is 2.27. The number of hydrogen-bond acceptors (Lipinski definition) is 3. The number of likely N-dealkylation sites (N-methyl/N-ethyl adjacent to an activating group) is 1. The van der Waals surface area contributed by atoms with Crippen molar-refractivity contribution in [1.29, 1.82) is 0 Å². The van der Waals surface area contributed by atoms with Crippen LogP contribution in [-0.2, 0) is 11.2 Å². The summed E-state index contributed by atoms with van der Waals surface area (Å²) in [6.45, 7) is 4.55. The van der Waals surface area contributed by atoms with Gasteiger partial charge in [-0.05, 0) is 45.5 Å². The summed E-state index contributed by atoms with van der Waals surface area (Å²) < 4.78 is 0. The molecule has 1 heterocycles. The summed E-state index contributed by atoms with van der Waals surface area (Å²) in [7, 11) is 4.07. The maximum absolute atomic E-state index is 12.6. The van der Waals surface area contributed by atoms with E-state index in [0.29, 0.717) is 0 Å². The Morgan fingerprint density at radius 1 is 1.40 bits per heavy atom. The van der Waals surface area contributed by atoms with E-state index in [1.54, 1.807) is 0 Å². The van der Waals surface area contributed by atoms with E-state index < -0.39 is 0 Å². The Kier molecular flexibility index (Phi) is 5.15. The average Bonchev–Trinajstić information content (AvgIpc) is 2.45. The molecule has 1 amide bonds.